The van der Waals surface area contributed by atoms with Gasteiger partial charge in [0.2, 0.25) is 5.88 Å². The second-order valence-electron chi connectivity index (χ2n) is 13.0. The standard InChI is InChI=1S/C38H41N5O3/c1-23(24(2)44)19-25-11-14-30-32(20-25)43(4)37(40-30)38(16-8-17-38)41-36(45)28-12-13-29-31(21-28)42(3)35(34(29)26-9-6-7-10-26)27-15-18-39-33(22-27)46-5/h11-15,18-22,26,44H,2,6-10,16-17H2,1,3-5H3,(H,41,45)/b23-19+. The number of hydrogen-bond acceptors (Lipinski definition) is 5. The van der Waals surface area contributed by atoms with Crippen molar-refractivity contribution in [3.63, 3.8) is 0 Å². The number of amides is 1. The lowest BCUT2D eigenvalue weighted by atomic mass is 9.75. The van der Waals surface area contributed by atoms with Gasteiger partial charge in [-0.1, -0.05) is 31.6 Å². The summed E-state index contributed by atoms with van der Waals surface area (Å²) >= 11 is 0. The highest BCUT2D eigenvalue weighted by atomic mass is 16.5. The number of allylic oxidation sites excluding steroid dienone is 1. The number of pyridine rings is 1. The van der Waals surface area contributed by atoms with Gasteiger partial charge in [0.25, 0.3) is 5.91 Å². The molecule has 236 valence electrons. The average Bonchev–Trinajstić information content (AvgIpc) is 3.76. The minimum absolute atomic E-state index is 0.0547. The number of imidazole rings is 1. The number of methoxy groups -OCH3 is 1. The van der Waals surface area contributed by atoms with Crippen LogP contribution in [0.2, 0.25) is 0 Å². The number of benzene rings is 2. The summed E-state index contributed by atoms with van der Waals surface area (Å²) in [6.07, 6.45) is 11.2. The van der Waals surface area contributed by atoms with Crippen LogP contribution in [-0.2, 0) is 19.6 Å². The number of rotatable bonds is 8. The van der Waals surface area contributed by atoms with Gasteiger partial charge in [0.1, 0.15) is 11.6 Å². The monoisotopic (exact) mass is 615 g/mol. The quantitative estimate of drug-likeness (QED) is 0.136. The van der Waals surface area contributed by atoms with Gasteiger partial charge in [0.05, 0.1) is 29.4 Å². The van der Waals surface area contributed by atoms with Crippen molar-refractivity contribution in [3.05, 3.63) is 95.2 Å². The molecule has 0 atom stereocenters. The average molecular weight is 616 g/mol. The maximum absolute atomic E-state index is 14.0. The highest BCUT2D eigenvalue weighted by Gasteiger charge is 2.44. The van der Waals surface area contributed by atoms with Gasteiger partial charge >= 0.3 is 0 Å². The summed E-state index contributed by atoms with van der Waals surface area (Å²) in [4.78, 5) is 23.4. The predicted octanol–water partition coefficient (Wildman–Crippen LogP) is 8.08. The van der Waals surface area contributed by atoms with Crippen LogP contribution in [0, 0.1) is 0 Å². The molecule has 2 saturated carbocycles. The first-order chi connectivity index (χ1) is 22.2. The number of fused-ring (bicyclic) bond motifs is 2. The predicted molar refractivity (Wildman–Crippen MR) is 183 cm³/mol. The van der Waals surface area contributed by atoms with Crippen LogP contribution in [-0.4, -0.2) is 37.2 Å². The van der Waals surface area contributed by atoms with Crippen LogP contribution < -0.4 is 10.1 Å². The van der Waals surface area contributed by atoms with E-state index in [0.717, 1.165) is 52.8 Å². The molecular weight excluding hydrogens is 574 g/mol. The molecule has 0 radical (unpaired) electrons. The zero-order valence-corrected chi connectivity index (χ0v) is 27.1. The molecule has 8 nitrogen and oxygen atoms in total. The molecule has 0 unspecified atom stereocenters. The first kappa shape index (κ1) is 29.8. The van der Waals surface area contributed by atoms with Gasteiger partial charge in [-0.3, -0.25) is 4.79 Å². The fourth-order valence-corrected chi connectivity index (χ4v) is 7.53. The summed E-state index contributed by atoms with van der Waals surface area (Å²) in [5.41, 5.74) is 8.28. The second-order valence-corrected chi connectivity index (χ2v) is 13.0. The molecule has 2 fully saturated rings. The van der Waals surface area contributed by atoms with Crippen molar-refractivity contribution in [1.82, 2.24) is 24.4 Å². The summed E-state index contributed by atoms with van der Waals surface area (Å²) in [6.45, 7) is 5.46. The Labute approximate surface area is 269 Å². The number of hydrogen-bond donors (Lipinski definition) is 2. The SMILES string of the molecule is C=C(O)/C(C)=C/c1ccc2nc(C3(NC(=O)c4ccc5c(C6CCCC6)c(-c6ccnc(OC)c6)n(C)c5c4)CCC3)n(C)c2c1. The molecule has 0 spiro atoms. The van der Waals surface area contributed by atoms with Crippen LogP contribution in [0.3, 0.4) is 0 Å². The molecule has 2 N–H and O–H groups in total. The lowest BCUT2D eigenvalue weighted by molar-refractivity contribution is 0.0805. The summed E-state index contributed by atoms with van der Waals surface area (Å²) < 4.78 is 9.80. The second kappa shape index (κ2) is 11.5. The molecule has 2 aliphatic rings. The van der Waals surface area contributed by atoms with Crippen molar-refractivity contribution >= 4 is 33.9 Å². The minimum Gasteiger partial charge on any atom is -0.508 e. The molecule has 0 aliphatic heterocycles. The number of nitrogens with zero attached hydrogens (tertiary/aromatic N) is 4. The Kier molecular flexibility index (Phi) is 7.46. The first-order valence-corrected chi connectivity index (χ1v) is 16.2. The van der Waals surface area contributed by atoms with Crippen LogP contribution in [0.4, 0.5) is 0 Å². The lowest BCUT2D eigenvalue weighted by Crippen LogP contribution is -2.52. The molecular formula is C38H41N5O3. The summed E-state index contributed by atoms with van der Waals surface area (Å²) in [6, 6.07) is 16.3. The Morgan fingerprint density at radius 2 is 1.83 bits per heavy atom. The van der Waals surface area contributed by atoms with E-state index >= 15 is 0 Å². The molecule has 46 heavy (non-hydrogen) atoms. The van der Waals surface area contributed by atoms with Gasteiger partial charge in [0.15, 0.2) is 0 Å². The van der Waals surface area contributed by atoms with E-state index in [9.17, 15) is 9.90 Å². The number of nitrogens with one attached hydrogen (secondary N) is 1. The molecule has 0 saturated heterocycles. The Hall–Kier alpha value is -4.85. The van der Waals surface area contributed by atoms with E-state index in [1.807, 2.05) is 56.4 Å². The number of aliphatic hydroxyl groups excluding tert-OH is 1. The molecule has 0 bridgehead atoms. The first-order valence-electron chi connectivity index (χ1n) is 16.2. The van der Waals surface area contributed by atoms with Gasteiger partial charge in [-0.15, -0.1) is 0 Å². The maximum Gasteiger partial charge on any atom is 0.252 e. The van der Waals surface area contributed by atoms with Crippen molar-refractivity contribution in [1.29, 1.82) is 0 Å². The summed E-state index contributed by atoms with van der Waals surface area (Å²) in [5, 5.41) is 14.4. The summed E-state index contributed by atoms with van der Waals surface area (Å²) in [7, 11) is 5.75. The van der Waals surface area contributed by atoms with Crippen molar-refractivity contribution in [2.45, 2.75) is 63.3 Å². The van der Waals surface area contributed by atoms with E-state index < -0.39 is 5.54 Å². The van der Waals surface area contributed by atoms with E-state index in [-0.39, 0.29) is 11.7 Å². The van der Waals surface area contributed by atoms with Crippen LogP contribution in [0.15, 0.2) is 72.6 Å². The molecule has 3 aromatic heterocycles. The van der Waals surface area contributed by atoms with Crippen molar-refractivity contribution in [2.75, 3.05) is 7.11 Å². The molecule has 1 amide bonds. The number of carbonyl (C=O) groups is 1. The Bertz CT molecular complexity index is 2040. The zero-order chi connectivity index (χ0) is 32.2. The van der Waals surface area contributed by atoms with Gasteiger partial charge in [-0.25, -0.2) is 9.97 Å². The van der Waals surface area contributed by atoms with Gasteiger partial charge in [-0.05, 0) is 98.1 Å². The van der Waals surface area contributed by atoms with Gasteiger partial charge < -0.3 is 24.3 Å². The van der Waals surface area contributed by atoms with Crippen LogP contribution in [0.1, 0.15) is 85.1 Å². The van der Waals surface area contributed by atoms with E-state index in [4.69, 9.17) is 9.72 Å². The van der Waals surface area contributed by atoms with Crippen molar-refractivity contribution in [3.8, 4) is 17.1 Å². The van der Waals surface area contributed by atoms with Crippen LogP contribution in [0.5, 0.6) is 5.88 Å². The smallest absolute Gasteiger partial charge is 0.252 e. The highest BCUT2D eigenvalue weighted by molar-refractivity contribution is 6.01. The van der Waals surface area contributed by atoms with E-state index in [2.05, 4.69) is 45.2 Å². The third kappa shape index (κ3) is 4.96. The molecule has 5 aromatic rings. The van der Waals surface area contributed by atoms with Crippen LogP contribution in [0.25, 0.3) is 39.3 Å². The lowest BCUT2D eigenvalue weighted by Gasteiger charge is -2.41. The third-order valence-electron chi connectivity index (χ3n) is 10.2. The number of aromatic nitrogens is 4. The normalized spacial score (nSPS) is 16.6. The Morgan fingerprint density at radius 1 is 1.04 bits per heavy atom. The number of carbonyl (C=O) groups excluding carboxylic acids is 1. The molecule has 7 rings (SSSR count). The largest absolute Gasteiger partial charge is 0.508 e. The molecule has 3 heterocycles. The van der Waals surface area contributed by atoms with E-state index in [1.165, 1.54) is 42.3 Å². The van der Waals surface area contributed by atoms with Gasteiger partial charge in [0, 0.05) is 48.4 Å². The fourth-order valence-electron chi connectivity index (χ4n) is 7.53. The fraction of sp³-hybridized carbons (Fsp3) is 0.342. The van der Waals surface area contributed by atoms with E-state index in [1.54, 1.807) is 13.3 Å². The van der Waals surface area contributed by atoms with Crippen molar-refractivity contribution < 1.29 is 14.6 Å². The molecule has 8 heteroatoms. The van der Waals surface area contributed by atoms with Gasteiger partial charge in [-0.2, -0.15) is 0 Å². The number of aliphatic hydroxyl groups is 1. The van der Waals surface area contributed by atoms with E-state index in [0.29, 0.717) is 22.9 Å². The topological polar surface area (TPSA) is 94.2 Å². The Balaban J connectivity index is 1.25. The molecule has 2 aromatic carbocycles. The number of ether oxygens (including phenoxy) is 1. The summed E-state index contributed by atoms with van der Waals surface area (Å²) in [5.74, 6) is 1.90. The number of aryl methyl sites for hydroxylation is 2. The third-order valence-corrected chi connectivity index (χ3v) is 10.2. The highest BCUT2D eigenvalue weighted by Crippen LogP contribution is 2.46. The maximum atomic E-state index is 14.0. The molecule has 2 aliphatic carbocycles. The van der Waals surface area contributed by atoms with Crippen LogP contribution >= 0.6 is 0 Å². The zero-order valence-electron chi connectivity index (χ0n) is 27.1. The van der Waals surface area contributed by atoms with Crippen molar-refractivity contribution in [2.24, 2.45) is 14.1 Å². The Morgan fingerprint density at radius 3 is 2.52 bits per heavy atom. The minimum atomic E-state index is -0.535.